The van der Waals surface area contributed by atoms with Crippen molar-refractivity contribution in [2.45, 2.75) is 32.4 Å². The van der Waals surface area contributed by atoms with E-state index in [0.29, 0.717) is 6.54 Å². The van der Waals surface area contributed by atoms with Gasteiger partial charge in [0.05, 0.1) is 19.4 Å². The van der Waals surface area contributed by atoms with Gasteiger partial charge in [0.2, 0.25) is 0 Å². The fraction of sp³-hybridized carbons (Fsp3) is 0.476. The Morgan fingerprint density at radius 3 is 2.64 bits per heavy atom. The van der Waals surface area contributed by atoms with Crippen LogP contribution in [0.4, 0.5) is 0 Å². The summed E-state index contributed by atoms with van der Waals surface area (Å²) in [6, 6.07) is 12.4. The first-order chi connectivity index (χ1) is 13.3. The van der Waals surface area contributed by atoms with E-state index in [4.69, 9.17) is 9.15 Å². The molecule has 1 fully saturated rings. The molecule has 7 heteroatoms. The van der Waals surface area contributed by atoms with Crippen molar-refractivity contribution in [2.75, 3.05) is 33.3 Å². The largest absolute Gasteiger partial charge is 0.496 e. The summed E-state index contributed by atoms with van der Waals surface area (Å²) in [5.74, 6) is 2.59. The summed E-state index contributed by atoms with van der Waals surface area (Å²) in [7, 11) is 1.74. The Morgan fingerprint density at radius 2 is 1.96 bits per heavy atom. The zero-order valence-corrected chi connectivity index (χ0v) is 19.0. The summed E-state index contributed by atoms with van der Waals surface area (Å²) in [6.07, 6.45) is 4.17. The lowest BCUT2D eigenvalue weighted by Gasteiger charge is -2.30. The van der Waals surface area contributed by atoms with E-state index >= 15 is 0 Å². The average Bonchev–Trinajstić information content (AvgIpc) is 3.41. The minimum atomic E-state index is 0. The number of hydrogen-bond donors (Lipinski definition) is 2. The number of furan rings is 1. The van der Waals surface area contributed by atoms with E-state index in [1.54, 1.807) is 13.4 Å². The molecule has 0 aliphatic carbocycles. The van der Waals surface area contributed by atoms with E-state index < -0.39 is 0 Å². The van der Waals surface area contributed by atoms with Crippen molar-refractivity contribution in [1.82, 2.24) is 15.5 Å². The number of halogens is 1. The van der Waals surface area contributed by atoms with E-state index in [1.165, 1.54) is 18.4 Å². The molecule has 0 spiro atoms. The lowest BCUT2D eigenvalue weighted by molar-refractivity contribution is 0.239. The zero-order chi connectivity index (χ0) is 18.9. The van der Waals surface area contributed by atoms with Crippen LogP contribution in [0, 0.1) is 0 Å². The quantitative estimate of drug-likeness (QED) is 0.330. The third kappa shape index (κ3) is 6.13. The number of methoxy groups -OCH3 is 1. The van der Waals surface area contributed by atoms with Crippen LogP contribution in [-0.4, -0.2) is 44.1 Å². The molecule has 1 saturated heterocycles. The molecule has 1 aromatic carbocycles. The second kappa shape index (κ2) is 12.0. The molecular formula is C21H31IN4O2. The number of ether oxygens (including phenoxy) is 1. The van der Waals surface area contributed by atoms with Crippen LogP contribution < -0.4 is 15.4 Å². The van der Waals surface area contributed by atoms with Crippen LogP contribution in [0.15, 0.2) is 52.1 Å². The molecule has 0 saturated carbocycles. The van der Waals surface area contributed by atoms with Gasteiger partial charge in [0.15, 0.2) is 5.96 Å². The Bertz CT molecular complexity index is 715. The van der Waals surface area contributed by atoms with E-state index in [2.05, 4.69) is 39.6 Å². The molecule has 0 bridgehead atoms. The molecule has 0 amide bonds. The van der Waals surface area contributed by atoms with Crippen LogP contribution >= 0.6 is 24.0 Å². The van der Waals surface area contributed by atoms with Gasteiger partial charge >= 0.3 is 0 Å². The monoisotopic (exact) mass is 498 g/mol. The van der Waals surface area contributed by atoms with Crippen molar-refractivity contribution in [3.63, 3.8) is 0 Å². The van der Waals surface area contributed by atoms with Gasteiger partial charge in [0, 0.05) is 18.7 Å². The molecule has 2 heterocycles. The van der Waals surface area contributed by atoms with Crippen molar-refractivity contribution < 1.29 is 9.15 Å². The van der Waals surface area contributed by atoms with Crippen LogP contribution in [0.1, 0.15) is 37.1 Å². The molecule has 2 aromatic rings. The van der Waals surface area contributed by atoms with Crippen LogP contribution in [-0.2, 0) is 6.54 Å². The molecule has 1 aliphatic heterocycles. The summed E-state index contributed by atoms with van der Waals surface area (Å²) in [5.41, 5.74) is 1.22. The summed E-state index contributed by atoms with van der Waals surface area (Å²) in [5, 5.41) is 6.83. The number of rotatable bonds is 8. The van der Waals surface area contributed by atoms with Crippen LogP contribution in [0.3, 0.4) is 0 Å². The number of benzene rings is 1. The van der Waals surface area contributed by atoms with Crippen molar-refractivity contribution in [3.8, 4) is 5.75 Å². The fourth-order valence-corrected chi connectivity index (χ4v) is 3.53. The Labute approximate surface area is 184 Å². The van der Waals surface area contributed by atoms with Gasteiger partial charge in [-0.05, 0) is 51.1 Å². The zero-order valence-electron chi connectivity index (χ0n) is 16.7. The smallest absolute Gasteiger partial charge is 0.191 e. The number of nitrogens with one attached hydrogen (secondary N) is 2. The van der Waals surface area contributed by atoms with E-state index in [1.807, 2.05) is 24.3 Å². The number of hydrogen-bond acceptors (Lipinski definition) is 4. The highest BCUT2D eigenvalue weighted by Gasteiger charge is 2.26. The molecule has 3 rings (SSSR count). The van der Waals surface area contributed by atoms with Crippen LogP contribution in [0.5, 0.6) is 5.75 Å². The normalized spacial score (nSPS) is 15.7. The third-order valence-corrected chi connectivity index (χ3v) is 4.86. The predicted molar refractivity (Wildman–Crippen MR) is 123 cm³/mol. The first-order valence-electron chi connectivity index (χ1n) is 9.73. The van der Waals surface area contributed by atoms with Crippen molar-refractivity contribution in [1.29, 1.82) is 0 Å². The second-order valence-corrected chi connectivity index (χ2v) is 6.66. The highest BCUT2D eigenvalue weighted by Crippen LogP contribution is 2.31. The molecule has 1 aliphatic rings. The molecule has 6 nitrogen and oxygen atoms in total. The van der Waals surface area contributed by atoms with Gasteiger partial charge in [0.25, 0.3) is 0 Å². The van der Waals surface area contributed by atoms with Crippen LogP contribution in [0.25, 0.3) is 0 Å². The van der Waals surface area contributed by atoms with Crippen LogP contribution in [0.2, 0.25) is 0 Å². The van der Waals surface area contributed by atoms with Gasteiger partial charge in [-0.1, -0.05) is 18.2 Å². The standard InChI is InChI=1S/C21H30N4O2.HI/c1-3-22-21(23-15-17-9-8-14-27-17)24-16-19(25-12-6-7-13-25)18-10-4-5-11-20(18)26-2;/h4-5,8-11,14,19H,3,6-7,12-13,15-16H2,1-2H3,(H2,22,23,24);1H. The molecule has 0 radical (unpaired) electrons. The summed E-state index contributed by atoms with van der Waals surface area (Å²) in [6.45, 7) is 6.40. The molecule has 28 heavy (non-hydrogen) atoms. The Morgan fingerprint density at radius 1 is 1.18 bits per heavy atom. The molecule has 2 N–H and O–H groups in total. The summed E-state index contributed by atoms with van der Waals surface area (Å²) < 4.78 is 11.0. The maximum absolute atomic E-state index is 5.62. The van der Waals surface area contributed by atoms with Crippen molar-refractivity contribution in [3.05, 3.63) is 54.0 Å². The highest BCUT2D eigenvalue weighted by atomic mass is 127. The molecule has 1 atom stereocenters. The van der Waals surface area contributed by atoms with Crippen molar-refractivity contribution in [2.24, 2.45) is 4.99 Å². The van der Waals surface area contributed by atoms with E-state index in [0.717, 1.165) is 43.6 Å². The fourth-order valence-electron chi connectivity index (χ4n) is 3.53. The van der Waals surface area contributed by atoms with E-state index in [9.17, 15) is 0 Å². The van der Waals surface area contributed by atoms with Gasteiger partial charge in [-0.3, -0.25) is 4.90 Å². The van der Waals surface area contributed by atoms with Crippen molar-refractivity contribution >= 4 is 29.9 Å². The SMILES string of the molecule is CCNC(=NCc1ccco1)NCC(c1ccccc1OC)N1CCCC1.I. The first kappa shape index (κ1) is 22.5. The average molecular weight is 498 g/mol. The Hall–Kier alpha value is -1.74. The topological polar surface area (TPSA) is 62.0 Å². The number of aliphatic imine (C=N–C) groups is 1. The summed E-state index contributed by atoms with van der Waals surface area (Å²) in [4.78, 5) is 7.17. The molecule has 1 aromatic heterocycles. The predicted octanol–water partition coefficient (Wildman–Crippen LogP) is 3.80. The van der Waals surface area contributed by atoms with Gasteiger partial charge < -0.3 is 19.8 Å². The minimum Gasteiger partial charge on any atom is -0.496 e. The maximum Gasteiger partial charge on any atom is 0.191 e. The molecule has 1 unspecified atom stereocenters. The molecular weight excluding hydrogens is 467 g/mol. The number of para-hydroxylation sites is 1. The van der Waals surface area contributed by atoms with Gasteiger partial charge in [-0.15, -0.1) is 24.0 Å². The second-order valence-electron chi connectivity index (χ2n) is 6.66. The number of likely N-dealkylation sites (tertiary alicyclic amines) is 1. The lowest BCUT2D eigenvalue weighted by Crippen LogP contribution is -2.42. The molecule has 154 valence electrons. The Kier molecular flexibility index (Phi) is 9.63. The van der Waals surface area contributed by atoms with Gasteiger partial charge in [0.1, 0.15) is 18.1 Å². The number of nitrogens with zero attached hydrogens (tertiary/aromatic N) is 2. The Balaban J connectivity index is 0.00000280. The van der Waals surface area contributed by atoms with Gasteiger partial charge in [-0.25, -0.2) is 4.99 Å². The summed E-state index contributed by atoms with van der Waals surface area (Å²) >= 11 is 0. The maximum atomic E-state index is 5.62. The minimum absolute atomic E-state index is 0. The lowest BCUT2D eigenvalue weighted by atomic mass is 10.0. The van der Waals surface area contributed by atoms with Gasteiger partial charge in [-0.2, -0.15) is 0 Å². The first-order valence-corrected chi connectivity index (χ1v) is 9.73. The third-order valence-electron chi connectivity index (χ3n) is 4.86. The van der Waals surface area contributed by atoms with E-state index in [-0.39, 0.29) is 30.0 Å². The highest BCUT2D eigenvalue weighted by molar-refractivity contribution is 14.0. The number of guanidine groups is 1.